The molecular weight excluding hydrogens is 256 g/mol. The van der Waals surface area contributed by atoms with Gasteiger partial charge in [0, 0.05) is 17.8 Å². The average Bonchev–Trinajstić information content (AvgIpc) is 2.84. The number of phenolic OH excluding ortho intramolecular Hbond substituents is 1. The molecule has 0 aliphatic carbocycles. The molecular formula is C14H18N4O2. The van der Waals surface area contributed by atoms with Crippen molar-refractivity contribution in [3.8, 4) is 5.75 Å². The molecule has 0 bridgehead atoms. The van der Waals surface area contributed by atoms with Crippen molar-refractivity contribution in [3.05, 3.63) is 47.3 Å². The molecule has 6 nitrogen and oxygen atoms in total. The average molecular weight is 274 g/mol. The number of hydrogen-bond donors (Lipinski definition) is 4. The van der Waals surface area contributed by atoms with Crippen molar-refractivity contribution in [3.63, 3.8) is 0 Å². The van der Waals surface area contributed by atoms with Gasteiger partial charge < -0.3 is 16.2 Å². The third-order valence-electron chi connectivity index (χ3n) is 3.12. The largest absolute Gasteiger partial charge is 0.508 e. The van der Waals surface area contributed by atoms with Crippen LogP contribution in [0.25, 0.3) is 0 Å². The highest BCUT2D eigenvalue weighted by atomic mass is 16.3. The Morgan fingerprint density at radius 1 is 1.45 bits per heavy atom. The molecule has 106 valence electrons. The molecule has 1 heterocycles. The van der Waals surface area contributed by atoms with Crippen LogP contribution in [0.1, 0.15) is 16.8 Å². The first kappa shape index (κ1) is 14.1. The van der Waals surface area contributed by atoms with Gasteiger partial charge in [-0.25, -0.2) is 0 Å². The van der Waals surface area contributed by atoms with Gasteiger partial charge in [0.15, 0.2) is 0 Å². The van der Waals surface area contributed by atoms with Gasteiger partial charge in [-0.05, 0) is 31.0 Å². The van der Waals surface area contributed by atoms with Gasteiger partial charge in [-0.2, -0.15) is 5.10 Å². The van der Waals surface area contributed by atoms with E-state index in [9.17, 15) is 9.90 Å². The van der Waals surface area contributed by atoms with Crippen molar-refractivity contribution in [1.82, 2.24) is 15.5 Å². The molecule has 1 aromatic heterocycles. The highest BCUT2D eigenvalue weighted by molar-refractivity contribution is 5.81. The predicted molar refractivity (Wildman–Crippen MR) is 75.0 cm³/mol. The van der Waals surface area contributed by atoms with Gasteiger partial charge in [0.25, 0.3) is 0 Å². The molecule has 0 radical (unpaired) electrons. The van der Waals surface area contributed by atoms with E-state index in [1.807, 2.05) is 6.92 Å². The van der Waals surface area contributed by atoms with Gasteiger partial charge in [0.1, 0.15) is 5.75 Å². The third kappa shape index (κ3) is 3.58. The molecule has 5 N–H and O–H groups in total. The second kappa shape index (κ2) is 6.21. The zero-order valence-electron chi connectivity index (χ0n) is 11.3. The maximum Gasteiger partial charge on any atom is 0.237 e. The number of hydrogen-bond acceptors (Lipinski definition) is 4. The van der Waals surface area contributed by atoms with Crippen LogP contribution in [-0.2, 0) is 17.8 Å². The number of amides is 1. The topological polar surface area (TPSA) is 104 Å². The summed E-state index contributed by atoms with van der Waals surface area (Å²) in [7, 11) is 0. The van der Waals surface area contributed by atoms with E-state index in [-0.39, 0.29) is 11.7 Å². The van der Waals surface area contributed by atoms with Gasteiger partial charge in [0.2, 0.25) is 5.91 Å². The number of nitrogens with zero attached hydrogens (tertiary/aromatic N) is 1. The van der Waals surface area contributed by atoms with Crippen molar-refractivity contribution in [1.29, 1.82) is 0 Å². The number of nitrogens with two attached hydrogens (primary N) is 1. The Kier molecular flexibility index (Phi) is 4.37. The molecule has 0 aliphatic rings. The van der Waals surface area contributed by atoms with Gasteiger partial charge >= 0.3 is 0 Å². The first-order valence-electron chi connectivity index (χ1n) is 6.36. The molecule has 2 rings (SSSR count). The lowest BCUT2D eigenvalue weighted by Crippen LogP contribution is -2.41. The summed E-state index contributed by atoms with van der Waals surface area (Å²) in [5.41, 5.74) is 8.64. The first-order valence-corrected chi connectivity index (χ1v) is 6.36. The molecule has 6 heteroatoms. The van der Waals surface area contributed by atoms with Gasteiger partial charge in [-0.15, -0.1) is 0 Å². The summed E-state index contributed by atoms with van der Waals surface area (Å²) in [6.45, 7) is 2.30. The maximum atomic E-state index is 11.9. The van der Waals surface area contributed by atoms with Crippen LogP contribution in [0.15, 0.2) is 30.5 Å². The molecule has 0 fully saturated rings. The molecule has 1 aromatic carbocycles. The summed E-state index contributed by atoms with van der Waals surface area (Å²) in [6.07, 6.45) is 2.11. The van der Waals surface area contributed by atoms with Crippen LogP contribution in [0.2, 0.25) is 0 Å². The van der Waals surface area contributed by atoms with E-state index >= 15 is 0 Å². The van der Waals surface area contributed by atoms with Crippen LogP contribution in [0.3, 0.4) is 0 Å². The Morgan fingerprint density at radius 3 is 2.75 bits per heavy atom. The van der Waals surface area contributed by atoms with Crippen LogP contribution in [0, 0.1) is 6.92 Å². The molecule has 1 amide bonds. The fourth-order valence-electron chi connectivity index (χ4n) is 1.85. The number of aromatic hydroxyl groups is 1. The van der Waals surface area contributed by atoms with Crippen LogP contribution >= 0.6 is 0 Å². The van der Waals surface area contributed by atoms with Gasteiger partial charge in [-0.1, -0.05) is 12.1 Å². The minimum absolute atomic E-state index is 0.196. The van der Waals surface area contributed by atoms with Crippen LogP contribution in [-0.4, -0.2) is 27.3 Å². The summed E-state index contributed by atoms with van der Waals surface area (Å²) in [5.74, 6) is -0.0131. The standard InChI is InChI=1S/C14H18N4O2/c1-9-11(8-17-18-9)7-16-14(20)13(15)6-10-2-4-12(19)5-3-10/h2-5,8,13,19H,6-7,15H2,1H3,(H,16,20)(H,17,18)/t13-/m0/s1. The number of aryl methyl sites for hydroxylation is 1. The highest BCUT2D eigenvalue weighted by Gasteiger charge is 2.14. The smallest absolute Gasteiger partial charge is 0.237 e. The van der Waals surface area contributed by atoms with Crippen molar-refractivity contribution in [2.45, 2.75) is 25.9 Å². The van der Waals surface area contributed by atoms with E-state index in [0.717, 1.165) is 16.8 Å². The van der Waals surface area contributed by atoms with E-state index < -0.39 is 6.04 Å². The lowest BCUT2D eigenvalue weighted by molar-refractivity contribution is -0.122. The molecule has 0 aliphatic heterocycles. The molecule has 20 heavy (non-hydrogen) atoms. The number of phenols is 1. The number of carbonyl (C=O) groups is 1. The second-order valence-electron chi connectivity index (χ2n) is 4.72. The van der Waals surface area contributed by atoms with Crippen LogP contribution in [0.5, 0.6) is 5.75 Å². The number of carbonyl (C=O) groups excluding carboxylic acids is 1. The Morgan fingerprint density at radius 2 is 2.15 bits per heavy atom. The van der Waals surface area contributed by atoms with E-state index in [0.29, 0.717) is 13.0 Å². The summed E-state index contributed by atoms with van der Waals surface area (Å²) >= 11 is 0. The zero-order chi connectivity index (χ0) is 14.5. The Hall–Kier alpha value is -2.34. The Balaban J connectivity index is 1.86. The number of rotatable bonds is 5. The highest BCUT2D eigenvalue weighted by Crippen LogP contribution is 2.11. The fraction of sp³-hybridized carbons (Fsp3) is 0.286. The van der Waals surface area contributed by atoms with Crippen molar-refractivity contribution < 1.29 is 9.90 Å². The zero-order valence-corrected chi connectivity index (χ0v) is 11.3. The van der Waals surface area contributed by atoms with E-state index in [1.54, 1.807) is 30.5 Å². The van der Waals surface area contributed by atoms with Crippen molar-refractivity contribution >= 4 is 5.91 Å². The Bertz CT molecular complexity index is 577. The van der Waals surface area contributed by atoms with Crippen molar-refractivity contribution in [2.75, 3.05) is 0 Å². The molecule has 1 atom stereocenters. The summed E-state index contributed by atoms with van der Waals surface area (Å²) < 4.78 is 0. The normalized spacial score (nSPS) is 12.1. The number of benzene rings is 1. The maximum absolute atomic E-state index is 11.9. The predicted octanol–water partition coefficient (Wildman–Crippen LogP) is 0.610. The molecule has 0 spiro atoms. The number of aromatic amines is 1. The Labute approximate surface area is 117 Å². The van der Waals surface area contributed by atoms with Gasteiger partial charge in [0.05, 0.1) is 12.2 Å². The summed E-state index contributed by atoms with van der Waals surface area (Å²) in [5, 5.41) is 18.7. The number of aromatic nitrogens is 2. The van der Waals surface area contributed by atoms with Crippen LogP contribution < -0.4 is 11.1 Å². The van der Waals surface area contributed by atoms with E-state index in [2.05, 4.69) is 15.5 Å². The van der Waals surface area contributed by atoms with Gasteiger partial charge in [-0.3, -0.25) is 9.89 Å². The molecule has 0 saturated carbocycles. The monoisotopic (exact) mass is 274 g/mol. The lowest BCUT2D eigenvalue weighted by atomic mass is 10.1. The molecule has 2 aromatic rings. The molecule has 0 unspecified atom stereocenters. The molecule has 0 saturated heterocycles. The summed E-state index contributed by atoms with van der Waals surface area (Å²) in [4.78, 5) is 11.9. The SMILES string of the molecule is Cc1[nH]ncc1CNC(=O)[C@@H](N)Cc1ccc(O)cc1. The lowest BCUT2D eigenvalue weighted by Gasteiger charge is -2.12. The number of H-pyrrole nitrogens is 1. The van der Waals surface area contributed by atoms with E-state index in [1.165, 1.54) is 0 Å². The van der Waals surface area contributed by atoms with Crippen LogP contribution in [0.4, 0.5) is 0 Å². The third-order valence-corrected chi connectivity index (χ3v) is 3.12. The second-order valence-corrected chi connectivity index (χ2v) is 4.72. The van der Waals surface area contributed by atoms with E-state index in [4.69, 9.17) is 5.73 Å². The van der Waals surface area contributed by atoms with Crippen molar-refractivity contribution in [2.24, 2.45) is 5.73 Å². The quantitative estimate of drug-likeness (QED) is 0.641. The minimum atomic E-state index is -0.619. The summed E-state index contributed by atoms with van der Waals surface area (Å²) in [6, 6.07) is 6.04. The minimum Gasteiger partial charge on any atom is -0.508 e. The fourth-order valence-corrected chi connectivity index (χ4v) is 1.85. The number of nitrogens with one attached hydrogen (secondary N) is 2. The first-order chi connectivity index (χ1) is 9.56.